The number of hydrogen-bond acceptors (Lipinski definition) is 15. The van der Waals surface area contributed by atoms with Crippen molar-refractivity contribution < 1.29 is 80.2 Å². The van der Waals surface area contributed by atoms with Gasteiger partial charge >= 0.3 is 39.5 Å². The van der Waals surface area contributed by atoms with Gasteiger partial charge in [0.15, 0.2) is 12.2 Å². The van der Waals surface area contributed by atoms with Crippen molar-refractivity contribution >= 4 is 39.5 Å². The first-order chi connectivity index (χ1) is 47.6. The lowest BCUT2D eigenvalue weighted by Gasteiger charge is -2.21. The smallest absolute Gasteiger partial charge is 0.462 e. The van der Waals surface area contributed by atoms with Gasteiger partial charge in [-0.1, -0.05) is 357 Å². The molecule has 0 heterocycles. The van der Waals surface area contributed by atoms with Crippen molar-refractivity contribution in [1.29, 1.82) is 0 Å². The van der Waals surface area contributed by atoms with Gasteiger partial charge < -0.3 is 33.8 Å². The third-order valence-corrected chi connectivity index (χ3v) is 20.8. The highest BCUT2D eigenvalue weighted by Crippen LogP contribution is 2.45. The maximum absolute atomic E-state index is 13.1. The van der Waals surface area contributed by atoms with E-state index < -0.39 is 97.5 Å². The van der Waals surface area contributed by atoms with Crippen molar-refractivity contribution in [3.05, 3.63) is 0 Å². The Balaban J connectivity index is 5.21. The van der Waals surface area contributed by atoms with E-state index in [-0.39, 0.29) is 25.7 Å². The summed E-state index contributed by atoms with van der Waals surface area (Å²) >= 11 is 0. The van der Waals surface area contributed by atoms with Crippen LogP contribution in [0.1, 0.15) is 409 Å². The van der Waals surface area contributed by atoms with E-state index >= 15 is 0 Å². The molecule has 6 atom stereocenters. The first-order valence-corrected chi connectivity index (χ1v) is 44.2. The number of ether oxygens (including phenoxy) is 4. The molecule has 19 heteroatoms. The van der Waals surface area contributed by atoms with Crippen LogP contribution in [0.2, 0.25) is 0 Å². The Morgan fingerprint density at radius 1 is 0.283 bits per heavy atom. The molecule has 0 amide bonds. The van der Waals surface area contributed by atoms with Gasteiger partial charge in [-0.2, -0.15) is 0 Å². The zero-order valence-electron chi connectivity index (χ0n) is 65.1. The highest BCUT2D eigenvalue weighted by Gasteiger charge is 2.30. The molecular weight excluding hydrogens is 1290 g/mol. The van der Waals surface area contributed by atoms with E-state index in [4.69, 9.17) is 37.0 Å². The zero-order chi connectivity index (χ0) is 73.1. The minimum Gasteiger partial charge on any atom is -0.462 e. The van der Waals surface area contributed by atoms with E-state index in [9.17, 15) is 43.2 Å². The van der Waals surface area contributed by atoms with E-state index in [1.165, 1.54) is 205 Å². The molecule has 0 bridgehead atoms. The number of carbonyl (C=O) groups is 4. The molecule has 0 saturated carbocycles. The Morgan fingerprint density at radius 2 is 0.485 bits per heavy atom. The Labute approximate surface area is 607 Å². The summed E-state index contributed by atoms with van der Waals surface area (Å²) in [5, 5.41) is 10.6. The van der Waals surface area contributed by atoms with E-state index in [2.05, 4.69) is 55.4 Å². The fraction of sp³-hybridized carbons (Fsp3) is 0.950. The third-order valence-electron chi connectivity index (χ3n) is 18.9. The van der Waals surface area contributed by atoms with Gasteiger partial charge in [-0.05, 0) is 49.4 Å². The SMILES string of the molecule is CCC(C)CCCCCCCCCCCCCCCCC(=O)O[C@H](COC(=O)CCCCCCCCCCCCC(C)C)COP(=O)(O)OCC(O)COP(=O)(O)OC[C@@H](COC(=O)CCCCCCCCC(C)C)OC(=O)CCCCCCCCCCCCCCCCCCC(C)C. The number of aliphatic hydroxyl groups is 1. The molecule has 0 aliphatic rings. The molecule has 0 aliphatic heterocycles. The van der Waals surface area contributed by atoms with Crippen LogP contribution in [0.4, 0.5) is 0 Å². The molecule has 0 spiro atoms. The molecule has 0 aromatic rings. The number of phosphoric ester groups is 2. The van der Waals surface area contributed by atoms with Gasteiger partial charge in [-0.15, -0.1) is 0 Å². The molecule has 17 nitrogen and oxygen atoms in total. The quantitative estimate of drug-likeness (QED) is 0.0222. The second kappa shape index (κ2) is 69.1. The van der Waals surface area contributed by atoms with Gasteiger partial charge in [0.25, 0.3) is 0 Å². The van der Waals surface area contributed by atoms with Crippen LogP contribution in [0.25, 0.3) is 0 Å². The van der Waals surface area contributed by atoms with Crippen molar-refractivity contribution in [1.82, 2.24) is 0 Å². The molecule has 0 aliphatic carbocycles. The molecule has 4 unspecified atom stereocenters. The normalized spacial score (nSPS) is 14.3. The topological polar surface area (TPSA) is 237 Å². The van der Waals surface area contributed by atoms with Crippen LogP contribution >= 0.6 is 15.6 Å². The summed E-state index contributed by atoms with van der Waals surface area (Å²) in [5.41, 5.74) is 0. The lowest BCUT2D eigenvalue weighted by Crippen LogP contribution is -2.30. The van der Waals surface area contributed by atoms with Crippen LogP contribution in [0.3, 0.4) is 0 Å². The number of esters is 4. The molecule has 0 saturated heterocycles. The molecule has 588 valence electrons. The van der Waals surface area contributed by atoms with Crippen LogP contribution in [-0.4, -0.2) is 96.7 Å². The highest BCUT2D eigenvalue weighted by molar-refractivity contribution is 7.47. The fourth-order valence-electron chi connectivity index (χ4n) is 12.2. The average Bonchev–Trinajstić information content (AvgIpc) is 0.969. The van der Waals surface area contributed by atoms with Gasteiger partial charge in [0.2, 0.25) is 0 Å². The maximum atomic E-state index is 13.1. The Morgan fingerprint density at radius 3 is 0.717 bits per heavy atom. The van der Waals surface area contributed by atoms with Crippen molar-refractivity contribution in [2.45, 2.75) is 427 Å². The van der Waals surface area contributed by atoms with Crippen LogP contribution in [0.5, 0.6) is 0 Å². The van der Waals surface area contributed by atoms with Crippen LogP contribution < -0.4 is 0 Å². The first kappa shape index (κ1) is 97.1. The van der Waals surface area contributed by atoms with Gasteiger partial charge in [0, 0.05) is 25.7 Å². The minimum atomic E-state index is -4.96. The fourth-order valence-corrected chi connectivity index (χ4v) is 13.8. The third kappa shape index (κ3) is 72.8. The Bertz CT molecular complexity index is 1940. The summed E-state index contributed by atoms with van der Waals surface area (Å²) in [6.07, 6.45) is 55.6. The van der Waals surface area contributed by atoms with E-state index in [1.807, 2.05) is 0 Å². The maximum Gasteiger partial charge on any atom is 0.472 e. The zero-order valence-corrected chi connectivity index (χ0v) is 66.9. The number of aliphatic hydroxyl groups excluding tert-OH is 1. The Hall–Kier alpha value is -1.94. The number of unbranched alkanes of at least 4 members (excludes halogenated alkanes) is 42. The summed E-state index contributed by atoms with van der Waals surface area (Å²) in [5.74, 6) is 0.976. The molecule has 0 aromatic heterocycles. The lowest BCUT2D eigenvalue weighted by molar-refractivity contribution is -0.161. The Kier molecular flexibility index (Phi) is 67.8. The second-order valence-corrected chi connectivity index (χ2v) is 33.4. The van der Waals surface area contributed by atoms with E-state index in [0.29, 0.717) is 31.6 Å². The minimum absolute atomic E-state index is 0.106. The van der Waals surface area contributed by atoms with Crippen molar-refractivity contribution in [3.8, 4) is 0 Å². The van der Waals surface area contributed by atoms with Gasteiger partial charge in [-0.25, -0.2) is 9.13 Å². The predicted molar refractivity (Wildman–Crippen MR) is 404 cm³/mol. The van der Waals surface area contributed by atoms with Crippen molar-refractivity contribution in [3.63, 3.8) is 0 Å². The van der Waals surface area contributed by atoms with Crippen LogP contribution in [-0.2, 0) is 65.4 Å². The largest absolute Gasteiger partial charge is 0.472 e. The monoisotopic (exact) mass is 1450 g/mol. The average molecular weight is 1450 g/mol. The standard InChI is InChI=1S/C80H156O17P2/c1-9-73(8)59-51-43-34-28-21-17-14-15-19-23-31-37-47-55-62-79(84)96-75(66-90-77(82)60-52-44-35-29-25-24-27-33-41-49-57-71(4)5)68-94-98(86,87)92-64-74(81)65-93-99(88,89)95-69-76(67-91-78(83)61-53-45-39-38-42-50-58-72(6)7)97-80(85)63-54-46-36-30-22-18-13-11-10-12-16-20-26-32-40-48-56-70(2)3/h70-76,81H,9-69H2,1-8H3,(H,86,87)(H,88,89)/t73?,74?,75-,76-/m1/s1. The molecular formula is C80H156O17P2. The van der Waals surface area contributed by atoms with Gasteiger partial charge in [0.05, 0.1) is 26.4 Å². The molecule has 0 rings (SSSR count). The number of hydrogen-bond donors (Lipinski definition) is 3. The molecule has 0 radical (unpaired) electrons. The van der Waals surface area contributed by atoms with E-state index in [0.717, 1.165) is 114 Å². The first-order valence-electron chi connectivity index (χ1n) is 41.2. The summed E-state index contributed by atoms with van der Waals surface area (Å²) in [6.45, 7) is 14.2. The lowest BCUT2D eigenvalue weighted by atomic mass is 9.99. The molecule has 0 aromatic carbocycles. The van der Waals surface area contributed by atoms with Crippen molar-refractivity contribution in [2.75, 3.05) is 39.6 Å². The van der Waals surface area contributed by atoms with Crippen molar-refractivity contribution in [2.24, 2.45) is 23.7 Å². The summed E-state index contributed by atoms with van der Waals surface area (Å²) < 4.78 is 68.6. The number of rotatable bonds is 77. The van der Waals surface area contributed by atoms with Gasteiger partial charge in [0.1, 0.15) is 19.3 Å². The highest BCUT2D eigenvalue weighted by atomic mass is 31.2. The van der Waals surface area contributed by atoms with Gasteiger partial charge in [-0.3, -0.25) is 37.3 Å². The summed E-state index contributed by atoms with van der Waals surface area (Å²) in [7, 11) is -9.92. The molecule has 99 heavy (non-hydrogen) atoms. The molecule has 3 N–H and O–H groups in total. The number of phosphoric acid groups is 2. The molecule has 0 fully saturated rings. The van der Waals surface area contributed by atoms with Crippen LogP contribution in [0.15, 0.2) is 0 Å². The van der Waals surface area contributed by atoms with E-state index in [1.54, 1.807) is 0 Å². The summed E-state index contributed by atoms with van der Waals surface area (Å²) in [6, 6.07) is 0. The second-order valence-electron chi connectivity index (χ2n) is 30.5. The van der Waals surface area contributed by atoms with Crippen LogP contribution in [0, 0.1) is 23.7 Å². The summed E-state index contributed by atoms with van der Waals surface area (Å²) in [4.78, 5) is 72.9. The number of carbonyl (C=O) groups excluding carboxylic acids is 4. The predicted octanol–water partition coefficient (Wildman–Crippen LogP) is 23.6.